The normalized spacial score (nSPS) is 11.7. The molecule has 1 amide bonds. The molecule has 0 fully saturated rings. The molecule has 0 aliphatic heterocycles. The Kier molecular flexibility index (Phi) is 9.37. The Labute approximate surface area is 85.5 Å². The molecule has 1 atom stereocenters. The van der Waals surface area contributed by atoms with Crippen LogP contribution in [0.4, 0.5) is 0 Å². The summed E-state index contributed by atoms with van der Waals surface area (Å²) in [5.41, 5.74) is 5.50. The van der Waals surface area contributed by atoms with Crippen LogP contribution in [0, 0.1) is 0 Å². The van der Waals surface area contributed by atoms with E-state index < -0.39 is 6.04 Å². The topological polar surface area (TPSA) is 46.3 Å². The van der Waals surface area contributed by atoms with Gasteiger partial charge >= 0.3 is 0 Å². The predicted molar refractivity (Wildman–Crippen MR) is 57.0 cm³/mol. The van der Waals surface area contributed by atoms with Gasteiger partial charge in [-0.1, -0.05) is 0 Å². The van der Waals surface area contributed by atoms with Crippen LogP contribution in [-0.4, -0.2) is 35.7 Å². The average molecular weight is 213 g/mol. The number of thiol groups is 1. The monoisotopic (exact) mass is 212 g/mol. The summed E-state index contributed by atoms with van der Waals surface area (Å²) in [7, 11) is 0. The van der Waals surface area contributed by atoms with Gasteiger partial charge in [-0.05, 0) is 13.8 Å². The predicted octanol–water partition coefficient (Wildman–Crippen LogP) is 0.534. The molecule has 0 aromatic rings. The van der Waals surface area contributed by atoms with Crippen molar-refractivity contribution in [2.24, 2.45) is 5.73 Å². The third-order valence-corrected chi connectivity index (χ3v) is 1.98. The summed E-state index contributed by atoms with van der Waals surface area (Å²) in [5, 5.41) is 0. The molecule has 0 saturated carbocycles. The molecule has 74 valence electrons. The van der Waals surface area contributed by atoms with Gasteiger partial charge in [0.25, 0.3) is 0 Å². The van der Waals surface area contributed by atoms with Gasteiger partial charge in [-0.25, -0.2) is 0 Å². The van der Waals surface area contributed by atoms with Crippen molar-refractivity contribution < 1.29 is 4.79 Å². The molecule has 0 bridgehead atoms. The maximum absolute atomic E-state index is 11.3. The van der Waals surface area contributed by atoms with Crippen molar-refractivity contribution >= 4 is 30.9 Å². The summed E-state index contributed by atoms with van der Waals surface area (Å²) >= 11 is 3.95. The number of carbonyl (C=O) groups is 1. The number of halogens is 1. The van der Waals surface area contributed by atoms with Crippen LogP contribution in [0.1, 0.15) is 13.8 Å². The van der Waals surface area contributed by atoms with Crippen LogP contribution < -0.4 is 5.73 Å². The summed E-state index contributed by atoms with van der Waals surface area (Å²) in [6, 6.07) is -0.446. The van der Waals surface area contributed by atoms with Gasteiger partial charge in [-0.2, -0.15) is 12.6 Å². The molecule has 0 aromatic carbocycles. The Morgan fingerprint density at radius 3 is 2.17 bits per heavy atom. The van der Waals surface area contributed by atoms with Crippen molar-refractivity contribution in [3.8, 4) is 0 Å². The lowest BCUT2D eigenvalue weighted by atomic mass is 10.3. The fourth-order valence-electron chi connectivity index (χ4n) is 0.848. The fraction of sp³-hybridized carbons (Fsp3) is 0.857. The second-order valence-electron chi connectivity index (χ2n) is 2.30. The zero-order valence-electron chi connectivity index (χ0n) is 7.49. The van der Waals surface area contributed by atoms with Crippen LogP contribution in [0.15, 0.2) is 0 Å². The Hall–Kier alpha value is 0.0700. The minimum Gasteiger partial charge on any atom is -0.342 e. The third kappa shape index (κ3) is 4.18. The van der Waals surface area contributed by atoms with Crippen molar-refractivity contribution in [3.63, 3.8) is 0 Å². The van der Waals surface area contributed by atoms with Crippen LogP contribution in [0.5, 0.6) is 0 Å². The van der Waals surface area contributed by atoms with Gasteiger partial charge in [-0.3, -0.25) is 4.79 Å². The van der Waals surface area contributed by atoms with Crippen molar-refractivity contribution in [1.29, 1.82) is 0 Å². The van der Waals surface area contributed by atoms with Gasteiger partial charge in [0.05, 0.1) is 6.04 Å². The van der Waals surface area contributed by atoms with E-state index in [-0.39, 0.29) is 18.3 Å². The third-order valence-electron chi connectivity index (χ3n) is 1.59. The summed E-state index contributed by atoms with van der Waals surface area (Å²) in [6.07, 6.45) is 0. The molecule has 0 aromatic heterocycles. The van der Waals surface area contributed by atoms with E-state index in [9.17, 15) is 4.79 Å². The van der Waals surface area contributed by atoms with Gasteiger partial charge in [0.2, 0.25) is 5.91 Å². The van der Waals surface area contributed by atoms with Crippen molar-refractivity contribution in [2.75, 3.05) is 18.8 Å². The zero-order valence-corrected chi connectivity index (χ0v) is 9.20. The molecular formula is C7H17ClN2OS. The number of rotatable bonds is 4. The highest BCUT2D eigenvalue weighted by atomic mass is 35.5. The number of carbonyl (C=O) groups excluding carboxylic acids is 1. The second-order valence-corrected chi connectivity index (χ2v) is 2.66. The molecule has 0 radical (unpaired) electrons. The van der Waals surface area contributed by atoms with Crippen LogP contribution in [0.25, 0.3) is 0 Å². The van der Waals surface area contributed by atoms with Gasteiger partial charge in [0.15, 0.2) is 0 Å². The van der Waals surface area contributed by atoms with Crippen molar-refractivity contribution in [2.45, 2.75) is 19.9 Å². The van der Waals surface area contributed by atoms with E-state index >= 15 is 0 Å². The lowest BCUT2D eigenvalue weighted by Crippen LogP contribution is -2.44. The molecule has 0 rings (SSSR count). The van der Waals surface area contributed by atoms with E-state index in [2.05, 4.69) is 12.6 Å². The molecule has 0 aliphatic carbocycles. The molecule has 3 nitrogen and oxygen atoms in total. The highest BCUT2D eigenvalue weighted by Gasteiger charge is 2.16. The Morgan fingerprint density at radius 2 is 1.92 bits per heavy atom. The Bertz CT molecular complexity index is 131. The molecule has 0 spiro atoms. The minimum absolute atomic E-state index is 0. The molecule has 0 aliphatic rings. The summed E-state index contributed by atoms with van der Waals surface area (Å²) in [6.45, 7) is 5.31. The highest BCUT2D eigenvalue weighted by Crippen LogP contribution is 1.94. The van der Waals surface area contributed by atoms with Crippen molar-refractivity contribution in [3.05, 3.63) is 0 Å². The zero-order chi connectivity index (χ0) is 8.85. The standard InChI is InChI=1S/C7H16N2OS.ClH/c1-3-9(4-2)7(10)6(8)5-11;/h6,11H,3-5,8H2,1-2H3;1H/t6-;/m0./s1. The first-order chi connectivity index (χ1) is 5.17. The van der Waals surface area contributed by atoms with Gasteiger partial charge in [0, 0.05) is 18.8 Å². The molecule has 5 heteroatoms. The molecular weight excluding hydrogens is 196 g/mol. The van der Waals surface area contributed by atoms with E-state index in [1.807, 2.05) is 13.8 Å². The van der Waals surface area contributed by atoms with E-state index in [1.165, 1.54) is 0 Å². The summed E-state index contributed by atoms with van der Waals surface area (Å²) < 4.78 is 0. The van der Waals surface area contributed by atoms with Crippen LogP contribution in [0.3, 0.4) is 0 Å². The molecule has 0 unspecified atom stereocenters. The van der Waals surface area contributed by atoms with Gasteiger partial charge in [0.1, 0.15) is 0 Å². The number of amides is 1. The van der Waals surface area contributed by atoms with E-state index in [1.54, 1.807) is 4.90 Å². The average Bonchev–Trinajstić information content (AvgIpc) is 2.05. The lowest BCUT2D eigenvalue weighted by Gasteiger charge is -2.21. The number of nitrogens with zero attached hydrogens (tertiary/aromatic N) is 1. The molecule has 12 heavy (non-hydrogen) atoms. The quantitative estimate of drug-likeness (QED) is 0.669. The number of hydrogen-bond acceptors (Lipinski definition) is 3. The second kappa shape index (κ2) is 7.71. The number of nitrogens with two attached hydrogens (primary N) is 1. The first-order valence-corrected chi connectivity index (χ1v) is 4.45. The fourth-order valence-corrected chi connectivity index (χ4v) is 1.00. The van der Waals surface area contributed by atoms with Gasteiger partial charge in [-0.15, -0.1) is 12.4 Å². The molecule has 0 heterocycles. The summed E-state index contributed by atoms with van der Waals surface area (Å²) in [5.74, 6) is 0.403. The Morgan fingerprint density at radius 1 is 1.50 bits per heavy atom. The minimum atomic E-state index is -0.446. The number of hydrogen-bond donors (Lipinski definition) is 2. The summed E-state index contributed by atoms with van der Waals surface area (Å²) in [4.78, 5) is 13.0. The van der Waals surface area contributed by atoms with E-state index in [0.29, 0.717) is 5.75 Å². The van der Waals surface area contributed by atoms with E-state index in [0.717, 1.165) is 13.1 Å². The molecule has 2 N–H and O–H groups in total. The van der Waals surface area contributed by atoms with Gasteiger partial charge < -0.3 is 10.6 Å². The van der Waals surface area contributed by atoms with Crippen LogP contribution in [-0.2, 0) is 4.79 Å². The first kappa shape index (κ1) is 14.6. The maximum Gasteiger partial charge on any atom is 0.240 e. The lowest BCUT2D eigenvalue weighted by molar-refractivity contribution is -0.131. The maximum atomic E-state index is 11.3. The number of likely N-dealkylation sites (N-methyl/N-ethyl adjacent to an activating group) is 1. The smallest absolute Gasteiger partial charge is 0.240 e. The SMILES string of the molecule is CCN(CC)C(=O)[C@@H](N)CS.Cl. The Balaban J connectivity index is 0. The first-order valence-electron chi connectivity index (χ1n) is 3.82. The molecule has 0 saturated heterocycles. The highest BCUT2D eigenvalue weighted by molar-refractivity contribution is 7.80. The van der Waals surface area contributed by atoms with Crippen molar-refractivity contribution in [1.82, 2.24) is 4.90 Å². The van der Waals surface area contributed by atoms with Crippen LogP contribution in [0.2, 0.25) is 0 Å². The largest absolute Gasteiger partial charge is 0.342 e. The van der Waals surface area contributed by atoms with E-state index in [4.69, 9.17) is 5.73 Å². The van der Waals surface area contributed by atoms with Crippen LogP contribution >= 0.6 is 25.0 Å².